The molecule has 0 bridgehead atoms. The highest BCUT2D eigenvalue weighted by molar-refractivity contribution is 6.03. The predicted molar refractivity (Wildman–Crippen MR) is 68.8 cm³/mol. The monoisotopic (exact) mass is 241 g/mol. The van der Waals surface area contributed by atoms with Gasteiger partial charge in [0.25, 0.3) is 0 Å². The van der Waals surface area contributed by atoms with Crippen LogP contribution in [0.4, 0.5) is 0 Å². The molecule has 1 aliphatic carbocycles. The lowest BCUT2D eigenvalue weighted by Crippen LogP contribution is -2.27. The van der Waals surface area contributed by atoms with Crippen LogP contribution in [0, 0.1) is 5.92 Å². The lowest BCUT2D eigenvalue weighted by atomic mass is 9.82. The first-order chi connectivity index (χ1) is 8.88. The van der Waals surface area contributed by atoms with Crippen LogP contribution in [-0.4, -0.2) is 20.5 Å². The Kier molecular flexibility index (Phi) is 2.84. The molecule has 0 spiro atoms. The van der Waals surface area contributed by atoms with Crippen molar-refractivity contribution in [3.8, 4) is 0 Å². The summed E-state index contributed by atoms with van der Waals surface area (Å²) in [5.41, 5.74) is 3.15. The van der Waals surface area contributed by atoms with Gasteiger partial charge < -0.3 is 9.77 Å². The summed E-state index contributed by atoms with van der Waals surface area (Å²) in [7, 11) is 0. The molecule has 0 amide bonds. The number of aryl methyl sites for hydroxylation is 1. The van der Waals surface area contributed by atoms with Crippen molar-refractivity contribution >= 4 is 5.71 Å². The first-order valence-electron chi connectivity index (χ1n) is 6.14. The SMILES string of the molecule is O/N=C1\c2ccccc2CC[C@@H]1Cn1ccnc1. The van der Waals surface area contributed by atoms with Gasteiger partial charge in [0.2, 0.25) is 0 Å². The summed E-state index contributed by atoms with van der Waals surface area (Å²) >= 11 is 0. The van der Waals surface area contributed by atoms with Gasteiger partial charge in [-0.1, -0.05) is 29.4 Å². The summed E-state index contributed by atoms with van der Waals surface area (Å²) in [6, 6.07) is 8.16. The summed E-state index contributed by atoms with van der Waals surface area (Å²) in [5.74, 6) is 0.249. The molecule has 92 valence electrons. The molecule has 0 aliphatic heterocycles. The topological polar surface area (TPSA) is 50.4 Å². The van der Waals surface area contributed by atoms with E-state index in [1.807, 2.05) is 29.0 Å². The standard InChI is InChI=1S/C14H15N3O/c18-16-14-12(9-17-8-7-15-10-17)6-5-11-3-1-2-4-13(11)14/h1-4,7-8,10,12,18H,5-6,9H2/b16-14-/t12-/m1/s1. The highest BCUT2D eigenvalue weighted by Crippen LogP contribution is 2.27. The van der Waals surface area contributed by atoms with Gasteiger partial charge in [-0.15, -0.1) is 0 Å². The number of aromatic nitrogens is 2. The van der Waals surface area contributed by atoms with Crippen LogP contribution in [0.5, 0.6) is 0 Å². The van der Waals surface area contributed by atoms with E-state index in [4.69, 9.17) is 0 Å². The molecule has 1 aromatic heterocycles. The Morgan fingerprint density at radius 1 is 1.39 bits per heavy atom. The Hall–Kier alpha value is -2.10. The van der Waals surface area contributed by atoms with Crippen molar-refractivity contribution in [1.29, 1.82) is 0 Å². The Bertz CT molecular complexity index is 560. The zero-order valence-electron chi connectivity index (χ0n) is 10.0. The van der Waals surface area contributed by atoms with Gasteiger partial charge in [0.1, 0.15) is 0 Å². The van der Waals surface area contributed by atoms with E-state index in [1.165, 1.54) is 5.56 Å². The summed E-state index contributed by atoms with van der Waals surface area (Å²) in [6.45, 7) is 0.813. The minimum atomic E-state index is 0.249. The second-order valence-electron chi connectivity index (χ2n) is 4.64. The molecule has 2 aromatic rings. The molecule has 18 heavy (non-hydrogen) atoms. The van der Waals surface area contributed by atoms with Crippen molar-refractivity contribution in [1.82, 2.24) is 9.55 Å². The molecular formula is C14H15N3O. The minimum absolute atomic E-state index is 0.249. The van der Waals surface area contributed by atoms with Crippen LogP contribution in [0.25, 0.3) is 0 Å². The molecule has 4 nitrogen and oxygen atoms in total. The molecule has 0 saturated carbocycles. The van der Waals surface area contributed by atoms with Crippen LogP contribution < -0.4 is 0 Å². The normalized spacial score (nSPS) is 20.9. The molecule has 4 heteroatoms. The second kappa shape index (κ2) is 4.64. The highest BCUT2D eigenvalue weighted by atomic mass is 16.4. The third-order valence-corrected chi connectivity index (χ3v) is 3.54. The van der Waals surface area contributed by atoms with Crippen molar-refractivity contribution in [2.75, 3.05) is 0 Å². The van der Waals surface area contributed by atoms with Gasteiger partial charge in [-0.05, 0) is 18.4 Å². The molecule has 1 heterocycles. The van der Waals surface area contributed by atoms with Crippen molar-refractivity contribution in [3.63, 3.8) is 0 Å². The van der Waals surface area contributed by atoms with Gasteiger partial charge in [-0.3, -0.25) is 0 Å². The fraction of sp³-hybridized carbons (Fsp3) is 0.286. The third-order valence-electron chi connectivity index (χ3n) is 3.54. The summed E-state index contributed by atoms with van der Waals surface area (Å²) in [4.78, 5) is 4.04. The maximum Gasteiger partial charge on any atom is 0.0946 e. The van der Waals surface area contributed by atoms with E-state index in [2.05, 4.69) is 16.2 Å². The van der Waals surface area contributed by atoms with Crippen LogP contribution in [-0.2, 0) is 13.0 Å². The molecule has 1 N–H and O–H groups in total. The number of nitrogens with zero attached hydrogens (tertiary/aromatic N) is 3. The Labute approximate surface area is 106 Å². The van der Waals surface area contributed by atoms with Crippen molar-refractivity contribution in [3.05, 3.63) is 54.1 Å². The second-order valence-corrected chi connectivity index (χ2v) is 4.64. The van der Waals surface area contributed by atoms with Crippen molar-refractivity contribution in [2.45, 2.75) is 19.4 Å². The highest BCUT2D eigenvalue weighted by Gasteiger charge is 2.25. The maximum atomic E-state index is 9.30. The lowest BCUT2D eigenvalue weighted by Gasteiger charge is -2.25. The quantitative estimate of drug-likeness (QED) is 0.648. The van der Waals surface area contributed by atoms with Gasteiger partial charge in [0.05, 0.1) is 12.0 Å². The fourth-order valence-electron chi connectivity index (χ4n) is 2.64. The van der Waals surface area contributed by atoms with Gasteiger partial charge >= 0.3 is 0 Å². The number of benzene rings is 1. The van der Waals surface area contributed by atoms with E-state index < -0.39 is 0 Å². The molecule has 1 aliphatic rings. The number of hydrogen-bond acceptors (Lipinski definition) is 3. The third kappa shape index (κ3) is 1.90. The van der Waals surface area contributed by atoms with Crippen molar-refractivity contribution < 1.29 is 5.21 Å². The summed E-state index contributed by atoms with van der Waals surface area (Å²) in [5, 5.41) is 12.8. The average Bonchev–Trinajstić information content (AvgIpc) is 2.91. The van der Waals surface area contributed by atoms with E-state index in [1.54, 1.807) is 12.5 Å². The van der Waals surface area contributed by atoms with Gasteiger partial charge in [-0.2, -0.15) is 0 Å². The molecule has 3 rings (SSSR count). The maximum absolute atomic E-state index is 9.30. The molecule has 1 aromatic carbocycles. The number of imidazole rings is 1. The zero-order valence-corrected chi connectivity index (χ0v) is 10.0. The van der Waals surface area contributed by atoms with E-state index in [9.17, 15) is 5.21 Å². The lowest BCUT2D eigenvalue weighted by molar-refractivity contribution is 0.312. The van der Waals surface area contributed by atoms with E-state index in [0.717, 1.165) is 30.7 Å². The summed E-state index contributed by atoms with van der Waals surface area (Å²) in [6.07, 6.45) is 7.56. The molecule has 0 fully saturated rings. The average molecular weight is 241 g/mol. The van der Waals surface area contributed by atoms with Gasteiger partial charge in [0, 0.05) is 30.4 Å². The van der Waals surface area contributed by atoms with Crippen LogP contribution >= 0.6 is 0 Å². The Morgan fingerprint density at radius 3 is 3.06 bits per heavy atom. The smallest absolute Gasteiger partial charge is 0.0946 e. The van der Waals surface area contributed by atoms with Crippen LogP contribution in [0.2, 0.25) is 0 Å². The number of oxime groups is 1. The Morgan fingerprint density at radius 2 is 2.28 bits per heavy atom. The van der Waals surface area contributed by atoms with Crippen LogP contribution in [0.1, 0.15) is 17.5 Å². The Balaban J connectivity index is 1.90. The largest absolute Gasteiger partial charge is 0.411 e. The first-order valence-corrected chi connectivity index (χ1v) is 6.14. The van der Waals surface area contributed by atoms with E-state index in [-0.39, 0.29) is 5.92 Å². The first kappa shape index (κ1) is 11.0. The molecule has 0 saturated heterocycles. The molecular weight excluding hydrogens is 226 g/mol. The van der Waals surface area contributed by atoms with Crippen LogP contribution in [0.15, 0.2) is 48.1 Å². The van der Waals surface area contributed by atoms with E-state index in [0.29, 0.717) is 0 Å². The molecule has 0 radical (unpaired) electrons. The number of hydrogen-bond donors (Lipinski definition) is 1. The number of fused-ring (bicyclic) bond motifs is 1. The summed E-state index contributed by atoms with van der Waals surface area (Å²) < 4.78 is 2.03. The zero-order chi connectivity index (χ0) is 12.4. The van der Waals surface area contributed by atoms with E-state index >= 15 is 0 Å². The van der Waals surface area contributed by atoms with Gasteiger partial charge in [0.15, 0.2) is 0 Å². The minimum Gasteiger partial charge on any atom is -0.411 e. The van der Waals surface area contributed by atoms with Crippen LogP contribution in [0.3, 0.4) is 0 Å². The number of rotatable bonds is 2. The molecule has 0 unspecified atom stereocenters. The van der Waals surface area contributed by atoms with Gasteiger partial charge in [-0.25, -0.2) is 4.98 Å². The molecule has 1 atom stereocenters. The fourth-order valence-corrected chi connectivity index (χ4v) is 2.64. The van der Waals surface area contributed by atoms with Crippen molar-refractivity contribution in [2.24, 2.45) is 11.1 Å². The predicted octanol–water partition coefficient (Wildman–Crippen LogP) is 2.32.